The number of rotatable bonds is 3. The van der Waals surface area contributed by atoms with Crippen LogP contribution < -0.4 is 10.2 Å². The summed E-state index contributed by atoms with van der Waals surface area (Å²) in [6, 6.07) is 2.42. The van der Waals surface area contributed by atoms with Crippen LogP contribution in [-0.4, -0.2) is 35.4 Å². The van der Waals surface area contributed by atoms with E-state index in [0.29, 0.717) is 0 Å². The number of halogens is 1. The lowest BCUT2D eigenvalue weighted by molar-refractivity contribution is 0.0696. The maximum Gasteiger partial charge on any atom is 0.492 e. The Bertz CT molecular complexity index is 393. The van der Waals surface area contributed by atoms with Crippen LogP contribution in [0.25, 0.3) is 0 Å². The number of carboxylic acid groups (broad SMARTS) is 1. The van der Waals surface area contributed by atoms with Gasteiger partial charge in [-0.15, -0.1) is 0 Å². The van der Waals surface area contributed by atoms with Crippen molar-refractivity contribution in [2.75, 3.05) is 7.11 Å². The summed E-state index contributed by atoms with van der Waals surface area (Å²) in [6.45, 7) is 0. The zero-order valence-electron chi connectivity index (χ0n) is 7.77. The molecule has 0 unspecified atom stereocenters. The quantitative estimate of drug-likeness (QED) is 0.622. The molecule has 5 nitrogen and oxygen atoms in total. The van der Waals surface area contributed by atoms with Crippen molar-refractivity contribution in [3.05, 3.63) is 22.7 Å². The predicted octanol–water partition coefficient (Wildman–Crippen LogP) is -0.273. The third kappa shape index (κ3) is 2.23. The number of hydrogen-bond acceptors (Lipinski definition) is 4. The molecule has 1 aromatic carbocycles. The van der Waals surface area contributed by atoms with Gasteiger partial charge in [0.15, 0.2) is 0 Å². The Morgan fingerprint density at radius 2 is 2.07 bits per heavy atom. The standard InChI is InChI=1S/C8H8BClO5/c1-15-7-5(9(13)14)3-2-4(6(7)10)8(11)12/h2-3,13-14H,1H3,(H,11,12). The van der Waals surface area contributed by atoms with Crippen LogP contribution >= 0.6 is 11.6 Å². The van der Waals surface area contributed by atoms with Crippen LogP contribution in [0.1, 0.15) is 10.4 Å². The van der Waals surface area contributed by atoms with E-state index in [4.69, 9.17) is 31.5 Å². The van der Waals surface area contributed by atoms with Crippen LogP contribution in [0.15, 0.2) is 12.1 Å². The van der Waals surface area contributed by atoms with Crippen LogP contribution in [-0.2, 0) is 0 Å². The molecule has 0 saturated carbocycles. The number of hydrogen-bond donors (Lipinski definition) is 3. The first-order valence-corrected chi connectivity index (χ1v) is 4.32. The maximum absolute atomic E-state index is 10.7. The number of carboxylic acids is 1. The SMILES string of the molecule is COc1c(B(O)O)ccc(C(=O)O)c1Cl. The minimum Gasteiger partial charge on any atom is -0.496 e. The third-order valence-electron chi connectivity index (χ3n) is 1.84. The van der Waals surface area contributed by atoms with Gasteiger partial charge in [-0.05, 0) is 6.07 Å². The van der Waals surface area contributed by atoms with E-state index in [9.17, 15) is 4.79 Å². The second-order valence-electron chi connectivity index (χ2n) is 2.73. The molecule has 0 amide bonds. The molecular formula is C8H8BClO5. The van der Waals surface area contributed by atoms with Crippen molar-refractivity contribution in [3.8, 4) is 5.75 Å². The molecule has 3 N–H and O–H groups in total. The minimum absolute atomic E-state index is 0.0208. The fourth-order valence-electron chi connectivity index (χ4n) is 1.15. The highest BCUT2D eigenvalue weighted by molar-refractivity contribution is 6.60. The Morgan fingerprint density at radius 1 is 1.47 bits per heavy atom. The first kappa shape index (κ1) is 11.8. The van der Waals surface area contributed by atoms with E-state index >= 15 is 0 Å². The van der Waals surface area contributed by atoms with Crippen molar-refractivity contribution in [1.29, 1.82) is 0 Å². The average Bonchev–Trinajstić information content (AvgIpc) is 2.16. The van der Waals surface area contributed by atoms with Gasteiger partial charge in [0.05, 0.1) is 17.7 Å². The van der Waals surface area contributed by atoms with Gasteiger partial charge in [-0.3, -0.25) is 0 Å². The lowest BCUT2D eigenvalue weighted by atomic mass is 9.79. The van der Waals surface area contributed by atoms with Gasteiger partial charge < -0.3 is 19.9 Å². The van der Waals surface area contributed by atoms with E-state index < -0.39 is 13.1 Å². The van der Waals surface area contributed by atoms with Crippen molar-refractivity contribution in [2.24, 2.45) is 0 Å². The Balaban J connectivity index is 3.39. The molecular weight excluding hydrogens is 222 g/mol. The minimum atomic E-state index is -1.76. The molecule has 0 aliphatic rings. The largest absolute Gasteiger partial charge is 0.496 e. The van der Waals surface area contributed by atoms with E-state index in [2.05, 4.69) is 0 Å². The predicted molar refractivity (Wildman–Crippen MR) is 54.8 cm³/mol. The highest BCUT2D eigenvalue weighted by Gasteiger charge is 2.23. The molecule has 0 atom stereocenters. The summed E-state index contributed by atoms with van der Waals surface area (Å²) in [4.78, 5) is 10.7. The lowest BCUT2D eigenvalue weighted by Gasteiger charge is -2.11. The number of ether oxygens (including phenoxy) is 1. The first-order chi connectivity index (χ1) is 6.99. The van der Waals surface area contributed by atoms with Crippen molar-refractivity contribution in [1.82, 2.24) is 0 Å². The molecule has 0 spiro atoms. The first-order valence-electron chi connectivity index (χ1n) is 3.94. The van der Waals surface area contributed by atoms with Gasteiger partial charge in [0, 0.05) is 5.46 Å². The maximum atomic E-state index is 10.7. The Hall–Kier alpha value is -1.24. The molecule has 1 rings (SSSR count). The fourth-order valence-corrected chi connectivity index (χ4v) is 1.48. The van der Waals surface area contributed by atoms with Crippen molar-refractivity contribution in [2.45, 2.75) is 0 Å². The second-order valence-corrected chi connectivity index (χ2v) is 3.11. The molecule has 0 aromatic heterocycles. The van der Waals surface area contributed by atoms with Gasteiger partial charge in [-0.1, -0.05) is 17.7 Å². The van der Waals surface area contributed by atoms with Gasteiger partial charge in [-0.2, -0.15) is 0 Å². The fraction of sp³-hybridized carbons (Fsp3) is 0.125. The third-order valence-corrected chi connectivity index (χ3v) is 2.22. The Labute approximate surface area is 91.0 Å². The van der Waals surface area contributed by atoms with E-state index in [1.54, 1.807) is 0 Å². The van der Waals surface area contributed by atoms with Gasteiger partial charge >= 0.3 is 13.1 Å². The van der Waals surface area contributed by atoms with E-state index in [-0.39, 0.29) is 21.8 Å². The molecule has 80 valence electrons. The monoisotopic (exact) mass is 230 g/mol. The van der Waals surface area contributed by atoms with E-state index in [0.717, 1.165) is 0 Å². The van der Waals surface area contributed by atoms with Gasteiger partial charge in [0.25, 0.3) is 0 Å². The van der Waals surface area contributed by atoms with Gasteiger partial charge in [0.1, 0.15) is 5.75 Å². The molecule has 1 aromatic rings. The van der Waals surface area contributed by atoms with Gasteiger partial charge in [0.2, 0.25) is 0 Å². The van der Waals surface area contributed by atoms with Crippen molar-refractivity contribution in [3.63, 3.8) is 0 Å². The summed E-state index contributed by atoms with van der Waals surface area (Å²) in [5, 5.41) is 26.5. The smallest absolute Gasteiger partial charge is 0.492 e. The molecule has 0 fully saturated rings. The summed E-state index contributed by atoms with van der Waals surface area (Å²) >= 11 is 5.73. The zero-order valence-corrected chi connectivity index (χ0v) is 8.52. The molecule has 7 heteroatoms. The molecule has 15 heavy (non-hydrogen) atoms. The number of aromatic carboxylic acids is 1. The number of carbonyl (C=O) groups is 1. The molecule has 0 saturated heterocycles. The Morgan fingerprint density at radius 3 is 2.47 bits per heavy atom. The normalized spacial score (nSPS) is 9.87. The Kier molecular flexibility index (Phi) is 3.57. The molecule has 0 aliphatic heterocycles. The van der Waals surface area contributed by atoms with E-state index in [1.165, 1.54) is 19.2 Å². The lowest BCUT2D eigenvalue weighted by Crippen LogP contribution is -2.31. The molecule has 0 aliphatic carbocycles. The molecule has 0 bridgehead atoms. The van der Waals surface area contributed by atoms with Crippen LogP contribution in [0.5, 0.6) is 5.75 Å². The highest BCUT2D eigenvalue weighted by Crippen LogP contribution is 2.26. The summed E-state index contributed by atoms with van der Waals surface area (Å²) < 4.78 is 4.81. The van der Waals surface area contributed by atoms with Crippen molar-refractivity contribution >= 4 is 30.2 Å². The summed E-state index contributed by atoms with van der Waals surface area (Å²) in [6.07, 6.45) is 0. The zero-order chi connectivity index (χ0) is 11.6. The molecule has 0 radical (unpaired) electrons. The average molecular weight is 230 g/mol. The summed E-state index contributed by atoms with van der Waals surface area (Å²) in [5.74, 6) is -1.26. The van der Waals surface area contributed by atoms with Crippen LogP contribution in [0.4, 0.5) is 0 Å². The summed E-state index contributed by atoms with van der Waals surface area (Å²) in [5.41, 5.74) is -0.134. The van der Waals surface area contributed by atoms with Crippen molar-refractivity contribution < 1.29 is 24.7 Å². The van der Waals surface area contributed by atoms with Crippen LogP contribution in [0, 0.1) is 0 Å². The highest BCUT2D eigenvalue weighted by atomic mass is 35.5. The second kappa shape index (κ2) is 4.52. The topological polar surface area (TPSA) is 87.0 Å². The summed E-state index contributed by atoms with van der Waals surface area (Å²) in [7, 11) is -0.501. The van der Waals surface area contributed by atoms with Crippen LogP contribution in [0.3, 0.4) is 0 Å². The molecule has 0 heterocycles. The van der Waals surface area contributed by atoms with E-state index in [1.807, 2.05) is 0 Å². The van der Waals surface area contributed by atoms with Crippen LogP contribution in [0.2, 0.25) is 5.02 Å². The number of benzene rings is 1. The number of methoxy groups -OCH3 is 1. The van der Waals surface area contributed by atoms with Gasteiger partial charge in [-0.25, -0.2) is 4.79 Å².